The molecule has 3 heteroatoms. The van der Waals surface area contributed by atoms with Crippen LogP contribution >= 0.6 is 0 Å². The third-order valence-electron chi connectivity index (χ3n) is 1.57. The monoisotopic (exact) mass is 171 g/mol. The summed E-state index contributed by atoms with van der Waals surface area (Å²) in [6, 6.07) is 0. The minimum Gasteiger partial charge on any atom is -0.480 e. The van der Waals surface area contributed by atoms with Gasteiger partial charge in [-0.05, 0) is 13.0 Å². The van der Waals surface area contributed by atoms with Gasteiger partial charge in [-0.3, -0.25) is 9.69 Å². The maximum atomic E-state index is 10.4. The lowest BCUT2D eigenvalue weighted by atomic mass is 10.3. The van der Waals surface area contributed by atoms with Gasteiger partial charge in [-0.15, -0.1) is 6.58 Å². The van der Waals surface area contributed by atoms with Crippen LogP contribution in [-0.4, -0.2) is 35.6 Å². The highest BCUT2D eigenvalue weighted by atomic mass is 16.4. The molecule has 0 saturated carbocycles. The summed E-state index contributed by atoms with van der Waals surface area (Å²) < 4.78 is 0. The second-order valence-electron chi connectivity index (χ2n) is 2.77. The lowest BCUT2D eigenvalue weighted by molar-refractivity contribution is -0.138. The quantitative estimate of drug-likeness (QED) is 0.588. The lowest BCUT2D eigenvalue weighted by Crippen LogP contribution is -2.30. The van der Waals surface area contributed by atoms with Crippen LogP contribution in [0.4, 0.5) is 0 Å². The van der Waals surface area contributed by atoms with E-state index in [1.807, 2.05) is 4.90 Å². The van der Waals surface area contributed by atoms with Gasteiger partial charge in [0.2, 0.25) is 0 Å². The maximum Gasteiger partial charge on any atom is 0.317 e. The Kier molecular flexibility index (Phi) is 6.38. The number of unbranched alkanes of at least 4 members (excludes halogenated alkanes) is 1. The van der Waals surface area contributed by atoms with Crippen molar-refractivity contribution in [1.82, 2.24) is 4.90 Å². The summed E-state index contributed by atoms with van der Waals surface area (Å²) in [7, 11) is 0. The van der Waals surface area contributed by atoms with Crippen LogP contribution in [0.1, 0.15) is 19.8 Å². The highest BCUT2D eigenvalue weighted by Gasteiger charge is 2.05. The number of carboxylic acid groups (broad SMARTS) is 1. The van der Waals surface area contributed by atoms with E-state index in [-0.39, 0.29) is 6.54 Å². The van der Waals surface area contributed by atoms with E-state index in [9.17, 15) is 4.79 Å². The average Bonchev–Trinajstić information content (AvgIpc) is 2.00. The Hall–Kier alpha value is -0.830. The number of hydrogen-bond donors (Lipinski definition) is 1. The van der Waals surface area contributed by atoms with Crippen LogP contribution in [0.2, 0.25) is 0 Å². The molecule has 0 radical (unpaired) electrons. The standard InChI is InChI=1S/C9H17NO2/c1-3-5-7-10(6-4-2)8-9(11)12/h4H,2-3,5-8H2,1H3,(H,11,12). The third kappa shape index (κ3) is 5.92. The molecule has 0 rings (SSSR count). The smallest absolute Gasteiger partial charge is 0.317 e. The van der Waals surface area contributed by atoms with Gasteiger partial charge in [0.05, 0.1) is 6.54 Å². The number of carbonyl (C=O) groups is 1. The summed E-state index contributed by atoms with van der Waals surface area (Å²) in [6.45, 7) is 7.29. The largest absolute Gasteiger partial charge is 0.480 e. The molecule has 0 heterocycles. The topological polar surface area (TPSA) is 40.5 Å². The van der Waals surface area contributed by atoms with Gasteiger partial charge in [0.1, 0.15) is 0 Å². The Morgan fingerprint density at radius 1 is 1.67 bits per heavy atom. The van der Waals surface area contributed by atoms with Crippen molar-refractivity contribution in [2.24, 2.45) is 0 Å². The fourth-order valence-electron chi connectivity index (χ4n) is 0.990. The van der Waals surface area contributed by atoms with Crippen LogP contribution in [0, 0.1) is 0 Å². The van der Waals surface area contributed by atoms with E-state index < -0.39 is 5.97 Å². The van der Waals surface area contributed by atoms with Crippen molar-refractivity contribution in [2.75, 3.05) is 19.6 Å². The molecule has 0 bridgehead atoms. The SMILES string of the molecule is C=CCN(CCCC)CC(=O)O. The molecule has 1 N–H and O–H groups in total. The number of hydrogen-bond acceptors (Lipinski definition) is 2. The van der Waals surface area contributed by atoms with Gasteiger partial charge in [0.15, 0.2) is 0 Å². The molecular weight excluding hydrogens is 154 g/mol. The van der Waals surface area contributed by atoms with E-state index >= 15 is 0 Å². The number of rotatable bonds is 7. The van der Waals surface area contributed by atoms with Crippen molar-refractivity contribution in [3.05, 3.63) is 12.7 Å². The molecule has 0 saturated heterocycles. The molecule has 0 unspecified atom stereocenters. The molecule has 0 aliphatic rings. The summed E-state index contributed by atoms with van der Waals surface area (Å²) in [5.41, 5.74) is 0. The van der Waals surface area contributed by atoms with Crippen LogP contribution in [-0.2, 0) is 4.79 Å². The summed E-state index contributed by atoms with van der Waals surface area (Å²) >= 11 is 0. The minimum absolute atomic E-state index is 0.117. The first-order chi connectivity index (χ1) is 5.70. The summed E-state index contributed by atoms with van der Waals surface area (Å²) in [5.74, 6) is -0.770. The van der Waals surface area contributed by atoms with Gasteiger partial charge < -0.3 is 5.11 Å². The van der Waals surface area contributed by atoms with E-state index in [0.717, 1.165) is 19.4 Å². The lowest BCUT2D eigenvalue weighted by Gasteiger charge is -2.17. The van der Waals surface area contributed by atoms with Crippen LogP contribution in [0.5, 0.6) is 0 Å². The normalized spacial score (nSPS) is 10.2. The Morgan fingerprint density at radius 3 is 2.75 bits per heavy atom. The predicted octanol–water partition coefficient (Wildman–Crippen LogP) is 1.36. The molecule has 0 fully saturated rings. The number of carboxylic acids is 1. The van der Waals surface area contributed by atoms with Crippen molar-refractivity contribution in [3.8, 4) is 0 Å². The highest BCUT2D eigenvalue weighted by Crippen LogP contribution is 1.94. The summed E-state index contributed by atoms with van der Waals surface area (Å²) in [6.07, 6.45) is 3.87. The van der Waals surface area contributed by atoms with Gasteiger partial charge >= 0.3 is 5.97 Å². The maximum absolute atomic E-state index is 10.4. The molecule has 0 spiro atoms. The van der Waals surface area contributed by atoms with Crippen molar-refractivity contribution in [3.63, 3.8) is 0 Å². The van der Waals surface area contributed by atoms with Gasteiger partial charge in [-0.2, -0.15) is 0 Å². The first-order valence-corrected chi connectivity index (χ1v) is 4.25. The molecule has 0 aromatic rings. The number of aliphatic carboxylic acids is 1. The van der Waals surface area contributed by atoms with Crippen LogP contribution in [0.3, 0.4) is 0 Å². The first kappa shape index (κ1) is 11.2. The molecule has 0 aliphatic carbocycles. The van der Waals surface area contributed by atoms with E-state index in [2.05, 4.69) is 13.5 Å². The van der Waals surface area contributed by atoms with Crippen molar-refractivity contribution >= 4 is 5.97 Å². The van der Waals surface area contributed by atoms with Crippen molar-refractivity contribution in [1.29, 1.82) is 0 Å². The molecule has 12 heavy (non-hydrogen) atoms. The molecule has 70 valence electrons. The molecule has 0 aromatic carbocycles. The first-order valence-electron chi connectivity index (χ1n) is 4.25. The third-order valence-corrected chi connectivity index (χ3v) is 1.57. The second-order valence-corrected chi connectivity index (χ2v) is 2.77. The highest BCUT2D eigenvalue weighted by molar-refractivity contribution is 5.69. The second kappa shape index (κ2) is 6.85. The van der Waals surface area contributed by atoms with E-state index in [1.54, 1.807) is 6.08 Å². The van der Waals surface area contributed by atoms with E-state index in [1.165, 1.54) is 0 Å². The molecule has 0 atom stereocenters. The van der Waals surface area contributed by atoms with E-state index in [0.29, 0.717) is 6.54 Å². The average molecular weight is 171 g/mol. The van der Waals surface area contributed by atoms with Gasteiger partial charge in [-0.1, -0.05) is 19.4 Å². The van der Waals surface area contributed by atoms with Gasteiger partial charge in [0, 0.05) is 6.54 Å². The zero-order valence-electron chi connectivity index (χ0n) is 7.62. The predicted molar refractivity (Wildman–Crippen MR) is 49.2 cm³/mol. The Balaban J connectivity index is 3.68. The van der Waals surface area contributed by atoms with Crippen molar-refractivity contribution in [2.45, 2.75) is 19.8 Å². The summed E-state index contributed by atoms with van der Waals surface area (Å²) in [5, 5.41) is 8.53. The number of nitrogens with zero attached hydrogens (tertiary/aromatic N) is 1. The molecule has 0 amide bonds. The molecule has 0 aromatic heterocycles. The van der Waals surface area contributed by atoms with Crippen LogP contribution in [0.25, 0.3) is 0 Å². The van der Waals surface area contributed by atoms with Crippen LogP contribution in [0.15, 0.2) is 12.7 Å². The molecule has 0 aliphatic heterocycles. The van der Waals surface area contributed by atoms with Crippen LogP contribution < -0.4 is 0 Å². The zero-order chi connectivity index (χ0) is 9.40. The van der Waals surface area contributed by atoms with E-state index in [4.69, 9.17) is 5.11 Å². The Labute approximate surface area is 73.7 Å². The zero-order valence-corrected chi connectivity index (χ0v) is 7.62. The Morgan fingerprint density at radius 2 is 2.33 bits per heavy atom. The fraction of sp³-hybridized carbons (Fsp3) is 0.667. The summed E-state index contributed by atoms with van der Waals surface area (Å²) in [4.78, 5) is 12.2. The van der Waals surface area contributed by atoms with Gasteiger partial charge in [-0.25, -0.2) is 0 Å². The minimum atomic E-state index is -0.770. The Bertz CT molecular complexity index is 145. The molecule has 3 nitrogen and oxygen atoms in total. The van der Waals surface area contributed by atoms with Gasteiger partial charge in [0.25, 0.3) is 0 Å². The molecular formula is C9H17NO2. The van der Waals surface area contributed by atoms with Crippen molar-refractivity contribution < 1.29 is 9.90 Å². The fourth-order valence-corrected chi connectivity index (χ4v) is 0.990.